The van der Waals surface area contributed by atoms with E-state index in [1.807, 2.05) is 24.3 Å². The zero-order valence-corrected chi connectivity index (χ0v) is 21.1. The number of aryl methyl sites for hydroxylation is 1. The van der Waals surface area contributed by atoms with Crippen LogP contribution in [0.4, 0.5) is 16.2 Å². The Labute approximate surface area is 210 Å². The van der Waals surface area contributed by atoms with Gasteiger partial charge in [-0.3, -0.25) is 13.9 Å². The minimum Gasteiger partial charge on any atom is -0.383 e. The van der Waals surface area contributed by atoms with Crippen molar-refractivity contribution in [1.82, 2.24) is 14.0 Å². The summed E-state index contributed by atoms with van der Waals surface area (Å²) in [5, 5.41) is 6.03. The van der Waals surface area contributed by atoms with Gasteiger partial charge in [0.05, 0.1) is 24.1 Å². The molecule has 1 saturated heterocycles. The van der Waals surface area contributed by atoms with Crippen molar-refractivity contribution in [2.24, 2.45) is 0 Å². The summed E-state index contributed by atoms with van der Waals surface area (Å²) in [5.74, 6) is 0. The summed E-state index contributed by atoms with van der Waals surface area (Å²) in [6.45, 7) is 5.77. The molecule has 2 N–H and O–H groups in total. The first-order valence-electron chi connectivity index (χ1n) is 12.7. The number of nitrogens with one attached hydrogen (secondary N) is 2. The first-order valence-corrected chi connectivity index (χ1v) is 12.7. The predicted octanol–water partition coefficient (Wildman–Crippen LogP) is 3.50. The molecule has 1 aliphatic rings. The van der Waals surface area contributed by atoms with E-state index in [4.69, 9.17) is 4.74 Å². The second kappa shape index (κ2) is 12.0. The number of carbonyl (C=O) groups excluding carboxylic acids is 1. The minimum atomic E-state index is -0.402. The number of amides is 2. The smallest absolute Gasteiger partial charge is 0.331 e. The first-order chi connectivity index (χ1) is 17.5. The molecule has 2 aromatic carbocycles. The van der Waals surface area contributed by atoms with Crippen LogP contribution in [0.2, 0.25) is 0 Å². The van der Waals surface area contributed by atoms with E-state index in [0.717, 1.165) is 31.6 Å². The SMILES string of the molecule is CCc1cccc(NC(=O)Nc2ccc3c(c2)c(=O)n(CCOC)c(=O)n3CCN2CCCCC2)c1. The molecule has 1 aromatic heterocycles. The summed E-state index contributed by atoms with van der Waals surface area (Å²) >= 11 is 0. The summed E-state index contributed by atoms with van der Waals surface area (Å²) in [7, 11) is 1.54. The van der Waals surface area contributed by atoms with Crippen molar-refractivity contribution in [3.05, 3.63) is 68.9 Å². The number of likely N-dealkylation sites (tertiary alicyclic amines) is 1. The molecule has 4 rings (SSSR count). The molecule has 0 radical (unpaired) electrons. The number of anilines is 2. The molecule has 36 heavy (non-hydrogen) atoms. The van der Waals surface area contributed by atoms with Gasteiger partial charge in [0.15, 0.2) is 0 Å². The van der Waals surface area contributed by atoms with E-state index < -0.39 is 6.03 Å². The zero-order chi connectivity index (χ0) is 25.5. The van der Waals surface area contributed by atoms with Crippen molar-refractivity contribution in [3.63, 3.8) is 0 Å². The van der Waals surface area contributed by atoms with Crippen molar-refractivity contribution in [3.8, 4) is 0 Å². The van der Waals surface area contributed by atoms with Gasteiger partial charge in [-0.05, 0) is 68.2 Å². The molecule has 1 aliphatic heterocycles. The van der Waals surface area contributed by atoms with Gasteiger partial charge in [-0.15, -0.1) is 0 Å². The van der Waals surface area contributed by atoms with Gasteiger partial charge in [-0.25, -0.2) is 9.59 Å². The molecule has 0 spiro atoms. The number of piperidine rings is 1. The molecule has 2 amide bonds. The Hall–Kier alpha value is -3.43. The van der Waals surface area contributed by atoms with E-state index in [0.29, 0.717) is 28.8 Å². The van der Waals surface area contributed by atoms with Crippen LogP contribution < -0.4 is 21.9 Å². The third-order valence-electron chi connectivity index (χ3n) is 6.68. The lowest BCUT2D eigenvalue weighted by molar-refractivity contribution is 0.183. The second-order valence-electron chi connectivity index (χ2n) is 9.15. The van der Waals surface area contributed by atoms with E-state index in [9.17, 15) is 14.4 Å². The molecule has 1 fully saturated rings. The van der Waals surface area contributed by atoms with E-state index in [1.165, 1.54) is 30.9 Å². The molecule has 192 valence electrons. The lowest BCUT2D eigenvalue weighted by atomic mass is 10.1. The highest BCUT2D eigenvalue weighted by Gasteiger charge is 2.16. The zero-order valence-electron chi connectivity index (χ0n) is 21.1. The van der Waals surface area contributed by atoms with Crippen molar-refractivity contribution >= 4 is 28.3 Å². The average molecular weight is 494 g/mol. The number of rotatable bonds is 9. The van der Waals surface area contributed by atoms with E-state index in [1.54, 1.807) is 22.8 Å². The monoisotopic (exact) mass is 493 g/mol. The molecule has 0 saturated carbocycles. The molecule has 3 aromatic rings. The lowest BCUT2D eigenvalue weighted by Crippen LogP contribution is -2.43. The third-order valence-corrected chi connectivity index (χ3v) is 6.68. The molecule has 0 bridgehead atoms. The maximum atomic E-state index is 13.3. The summed E-state index contributed by atoms with van der Waals surface area (Å²) < 4.78 is 8.02. The van der Waals surface area contributed by atoms with Gasteiger partial charge in [0.2, 0.25) is 0 Å². The summed E-state index contributed by atoms with van der Waals surface area (Å²) in [6.07, 6.45) is 4.46. The second-order valence-corrected chi connectivity index (χ2v) is 9.15. The highest BCUT2D eigenvalue weighted by molar-refractivity contribution is 6.01. The fourth-order valence-electron chi connectivity index (χ4n) is 4.68. The van der Waals surface area contributed by atoms with Gasteiger partial charge >= 0.3 is 11.7 Å². The van der Waals surface area contributed by atoms with E-state index >= 15 is 0 Å². The fraction of sp³-hybridized carbons (Fsp3) is 0.444. The number of methoxy groups -OCH3 is 1. The normalized spacial score (nSPS) is 14.2. The van der Waals surface area contributed by atoms with Crippen LogP contribution in [0.15, 0.2) is 52.1 Å². The van der Waals surface area contributed by atoms with E-state index in [2.05, 4.69) is 22.5 Å². The Morgan fingerprint density at radius 1 is 0.917 bits per heavy atom. The standard InChI is InChI=1S/C27H35N5O4/c1-3-20-8-7-9-21(18-20)28-26(34)29-22-10-11-24-23(19-22)25(33)32(16-17-36-2)27(35)31(24)15-14-30-12-5-4-6-13-30/h7-11,18-19H,3-6,12-17H2,1-2H3,(H2,28,29,34). The molecule has 9 nitrogen and oxygen atoms in total. The van der Waals surface area contributed by atoms with Crippen LogP contribution in [0.3, 0.4) is 0 Å². The van der Waals surface area contributed by atoms with Gasteiger partial charge in [0.1, 0.15) is 0 Å². The van der Waals surface area contributed by atoms with Crippen LogP contribution in [0.1, 0.15) is 31.7 Å². The molecule has 2 heterocycles. The number of nitrogens with zero attached hydrogens (tertiary/aromatic N) is 3. The Morgan fingerprint density at radius 3 is 2.39 bits per heavy atom. The van der Waals surface area contributed by atoms with Gasteiger partial charge in [0.25, 0.3) is 5.56 Å². The number of benzene rings is 2. The van der Waals surface area contributed by atoms with Crippen LogP contribution in [-0.4, -0.2) is 53.4 Å². The van der Waals surface area contributed by atoms with E-state index in [-0.39, 0.29) is 24.4 Å². The number of fused-ring (bicyclic) bond motifs is 1. The topological polar surface area (TPSA) is 97.6 Å². The number of carbonyl (C=O) groups is 1. The van der Waals surface area contributed by atoms with Gasteiger partial charge in [-0.1, -0.05) is 25.5 Å². The van der Waals surface area contributed by atoms with Gasteiger partial charge in [-0.2, -0.15) is 0 Å². The van der Waals surface area contributed by atoms with Crippen LogP contribution in [0.5, 0.6) is 0 Å². The number of ether oxygens (including phenoxy) is 1. The molecule has 9 heteroatoms. The van der Waals surface area contributed by atoms with Crippen LogP contribution in [-0.2, 0) is 24.2 Å². The molecule has 0 unspecified atom stereocenters. The van der Waals surface area contributed by atoms with Crippen molar-refractivity contribution in [1.29, 1.82) is 0 Å². The molecule has 0 aliphatic carbocycles. The van der Waals surface area contributed by atoms with Crippen LogP contribution in [0, 0.1) is 0 Å². The highest BCUT2D eigenvalue weighted by atomic mass is 16.5. The maximum Gasteiger partial charge on any atom is 0.331 e. The fourth-order valence-corrected chi connectivity index (χ4v) is 4.68. The van der Waals surface area contributed by atoms with Crippen molar-refractivity contribution < 1.29 is 9.53 Å². The third kappa shape index (κ3) is 6.03. The lowest BCUT2D eigenvalue weighted by Gasteiger charge is -2.27. The molecular weight excluding hydrogens is 458 g/mol. The van der Waals surface area contributed by atoms with Gasteiger partial charge < -0.3 is 20.3 Å². The van der Waals surface area contributed by atoms with Crippen molar-refractivity contribution in [2.45, 2.75) is 45.7 Å². The molecule has 0 atom stereocenters. The quantitative estimate of drug-likeness (QED) is 0.476. The summed E-state index contributed by atoms with van der Waals surface area (Å²) in [6, 6.07) is 12.4. The Morgan fingerprint density at radius 2 is 1.67 bits per heavy atom. The van der Waals surface area contributed by atoms with Crippen LogP contribution >= 0.6 is 0 Å². The predicted molar refractivity (Wildman–Crippen MR) is 143 cm³/mol. The Balaban J connectivity index is 1.62. The number of hydrogen-bond donors (Lipinski definition) is 2. The first kappa shape index (κ1) is 25.7. The van der Waals surface area contributed by atoms with Gasteiger partial charge in [0, 0.05) is 31.6 Å². The highest BCUT2D eigenvalue weighted by Crippen LogP contribution is 2.18. The average Bonchev–Trinajstić information content (AvgIpc) is 2.89. The number of hydrogen-bond acceptors (Lipinski definition) is 5. The minimum absolute atomic E-state index is 0.166. The number of aromatic nitrogens is 2. The summed E-state index contributed by atoms with van der Waals surface area (Å²) in [4.78, 5) is 41.5. The Bertz CT molecular complexity index is 1320. The number of urea groups is 1. The maximum absolute atomic E-state index is 13.3. The Kier molecular flexibility index (Phi) is 8.56. The largest absolute Gasteiger partial charge is 0.383 e. The van der Waals surface area contributed by atoms with Crippen LogP contribution in [0.25, 0.3) is 10.9 Å². The molecular formula is C27H35N5O4. The summed E-state index contributed by atoms with van der Waals surface area (Å²) in [5.41, 5.74) is 2.14. The van der Waals surface area contributed by atoms with Crippen molar-refractivity contribution in [2.75, 3.05) is 44.0 Å².